The molecule has 0 aliphatic carbocycles. The molecule has 0 spiro atoms. The van der Waals surface area contributed by atoms with Crippen molar-refractivity contribution in [2.75, 3.05) is 26.7 Å². The number of nitrogens with zero attached hydrogens (tertiary/aromatic N) is 1. The molecule has 1 aliphatic rings. The number of halogens is 3. The molecular weight excluding hydrogens is 413 g/mol. The average Bonchev–Trinajstić information content (AvgIpc) is 2.80. The van der Waals surface area contributed by atoms with Gasteiger partial charge in [0.1, 0.15) is 5.75 Å². The normalized spacial score (nSPS) is 17.5. The summed E-state index contributed by atoms with van der Waals surface area (Å²) < 4.78 is 45.1. The summed E-state index contributed by atoms with van der Waals surface area (Å²) in [5.41, 5.74) is 2.34. The Balaban J connectivity index is 1.59. The van der Waals surface area contributed by atoms with E-state index in [2.05, 4.69) is 34.5 Å². The molecule has 3 aromatic carbocycles. The van der Waals surface area contributed by atoms with Crippen molar-refractivity contribution in [3.05, 3.63) is 101 Å². The lowest BCUT2D eigenvalue weighted by Crippen LogP contribution is -2.52. The Hall–Kier alpha value is -2.83. The Bertz CT molecular complexity index is 969. The molecule has 32 heavy (non-hydrogen) atoms. The molecule has 1 heterocycles. The maximum Gasteiger partial charge on any atom is 0.416 e. The van der Waals surface area contributed by atoms with E-state index in [9.17, 15) is 13.2 Å². The zero-order chi connectivity index (χ0) is 22.6. The van der Waals surface area contributed by atoms with Gasteiger partial charge in [-0.15, -0.1) is 0 Å². The largest absolute Gasteiger partial charge is 0.496 e. The maximum absolute atomic E-state index is 13.3. The smallest absolute Gasteiger partial charge is 0.416 e. The monoisotopic (exact) mass is 440 g/mol. The molecule has 3 nitrogen and oxygen atoms in total. The minimum Gasteiger partial charge on any atom is -0.496 e. The number of benzene rings is 3. The van der Waals surface area contributed by atoms with Gasteiger partial charge in [0.15, 0.2) is 0 Å². The van der Waals surface area contributed by atoms with Gasteiger partial charge in [0.2, 0.25) is 0 Å². The highest BCUT2D eigenvalue weighted by molar-refractivity contribution is 5.39. The number of hydrogen-bond acceptors (Lipinski definition) is 3. The van der Waals surface area contributed by atoms with Gasteiger partial charge >= 0.3 is 6.18 Å². The first-order valence-corrected chi connectivity index (χ1v) is 10.8. The number of hydrogen-bond donors (Lipinski definition) is 1. The van der Waals surface area contributed by atoms with E-state index in [1.807, 2.05) is 36.4 Å². The van der Waals surface area contributed by atoms with E-state index < -0.39 is 11.7 Å². The second kappa shape index (κ2) is 9.76. The molecule has 1 unspecified atom stereocenters. The fourth-order valence-electron chi connectivity index (χ4n) is 4.51. The molecule has 6 heteroatoms. The van der Waals surface area contributed by atoms with Crippen molar-refractivity contribution in [3.8, 4) is 5.75 Å². The van der Waals surface area contributed by atoms with Crippen LogP contribution in [0.4, 0.5) is 13.2 Å². The number of nitrogens with one attached hydrogen (secondary N) is 1. The lowest BCUT2D eigenvalue weighted by atomic mass is 9.84. The van der Waals surface area contributed by atoms with E-state index in [4.69, 9.17) is 4.74 Å². The highest BCUT2D eigenvalue weighted by Gasteiger charge is 2.32. The van der Waals surface area contributed by atoms with Gasteiger partial charge < -0.3 is 10.1 Å². The topological polar surface area (TPSA) is 24.5 Å². The van der Waals surface area contributed by atoms with Crippen LogP contribution in [0.15, 0.2) is 78.9 Å². The Morgan fingerprint density at radius 1 is 0.969 bits per heavy atom. The third-order valence-corrected chi connectivity index (χ3v) is 6.01. The number of rotatable bonds is 6. The molecule has 1 atom stereocenters. The zero-order valence-corrected chi connectivity index (χ0v) is 18.0. The molecule has 1 fully saturated rings. The predicted molar refractivity (Wildman–Crippen MR) is 120 cm³/mol. The molecule has 0 bridgehead atoms. The third-order valence-electron chi connectivity index (χ3n) is 6.01. The van der Waals surface area contributed by atoms with Crippen molar-refractivity contribution in [1.29, 1.82) is 0 Å². The summed E-state index contributed by atoms with van der Waals surface area (Å²) >= 11 is 0. The van der Waals surface area contributed by atoms with Crippen molar-refractivity contribution < 1.29 is 17.9 Å². The van der Waals surface area contributed by atoms with Gasteiger partial charge in [-0.2, -0.15) is 13.2 Å². The number of ether oxygens (including phenoxy) is 1. The summed E-state index contributed by atoms with van der Waals surface area (Å²) in [5.74, 6) is 0.624. The molecule has 1 N–H and O–H groups in total. The highest BCUT2D eigenvalue weighted by Crippen LogP contribution is 2.34. The molecule has 0 saturated carbocycles. The van der Waals surface area contributed by atoms with Gasteiger partial charge in [-0.3, -0.25) is 4.90 Å². The van der Waals surface area contributed by atoms with Crippen molar-refractivity contribution >= 4 is 0 Å². The molecule has 1 saturated heterocycles. The van der Waals surface area contributed by atoms with Crippen LogP contribution in [0.3, 0.4) is 0 Å². The second-order valence-electron chi connectivity index (χ2n) is 8.12. The van der Waals surface area contributed by atoms with E-state index >= 15 is 0 Å². The minimum absolute atomic E-state index is 0.130. The van der Waals surface area contributed by atoms with Crippen LogP contribution < -0.4 is 10.1 Å². The van der Waals surface area contributed by atoms with Crippen LogP contribution in [0, 0.1) is 0 Å². The SMILES string of the molecule is COc1ccc(C(F)(F)F)cc1CN1CCNC(C(c2ccccc2)c2ccccc2)C1. The fourth-order valence-corrected chi connectivity index (χ4v) is 4.51. The highest BCUT2D eigenvalue weighted by atomic mass is 19.4. The summed E-state index contributed by atoms with van der Waals surface area (Å²) in [4.78, 5) is 2.21. The van der Waals surface area contributed by atoms with Gasteiger partial charge in [0.25, 0.3) is 0 Å². The molecule has 0 aromatic heterocycles. The number of methoxy groups -OCH3 is 1. The van der Waals surface area contributed by atoms with E-state index in [-0.39, 0.29) is 12.0 Å². The molecule has 3 aromatic rings. The number of piperazine rings is 1. The average molecular weight is 441 g/mol. The van der Waals surface area contributed by atoms with Crippen LogP contribution in [0.25, 0.3) is 0 Å². The lowest BCUT2D eigenvalue weighted by molar-refractivity contribution is -0.137. The van der Waals surface area contributed by atoms with Crippen molar-refractivity contribution in [2.24, 2.45) is 0 Å². The predicted octanol–water partition coefficient (Wildman–Crippen LogP) is 5.32. The van der Waals surface area contributed by atoms with E-state index in [0.717, 1.165) is 19.2 Å². The van der Waals surface area contributed by atoms with Gasteiger partial charge in [-0.05, 0) is 29.3 Å². The third kappa shape index (κ3) is 5.14. The van der Waals surface area contributed by atoms with Crippen LogP contribution in [0.2, 0.25) is 0 Å². The van der Waals surface area contributed by atoms with Crippen LogP contribution in [-0.4, -0.2) is 37.7 Å². The molecule has 4 rings (SSSR count). The standard InChI is InChI=1S/C26H27F3N2O/c1-32-24-13-12-22(26(27,28)29)16-21(24)17-31-15-14-30-23(18-31)25(19-8-4-2-5-9-19)20-10-6-3-7-11-20/h2-13,16,23,25,30H,14-15,17-18H2,1H3. The van der Waals surface area contributed by atoms with Gasteiger partial charge in [-0.1, -0.05) is 60.7 Å². The second-order valence-corrected chi connectivity index (χ2v) is 8.12. The van der Waals surface area contributed by atoms with Crippen LogP contribution in [0.5, 0.6) is 5.75 Å². The fraction of sp³-hybridized carbons (Fsp3) is 0.308. The first-order valence-electron chi connectivity index (χ1n) is 10.8. The Morgan fingerprint density at radius 2 is 1.59 bits per heavy atom. The molecule has 168 valence electrons. The summed E-state index contributed by atoms with van der Waals surface area (Å²) in [6, 6.07) is 24.5. The molecule has 0 radical (unpaired) electrons. The van der Waals surface area contributed by atoms with Crippen LogP contribution >= 0.6 is 0 Å². The molecule has 0 amide bonds. The summed E-state index contributed by atoms with van der Waals surface area (Å²) in [5, 5.41) is 3.64. The first kappa shape index (κ1) is 22.4. The van der Waals surface area contributed by atoms with Crippen LogP contribution in [0.1, 0.15) is 28.2 Å². The summed E-state index contributed by atoms with van der Waals surface area (Å²) in [7, 11) is 1.49. The van der Waals surface area contributed by atoms with E-state index in [1.165, 1.54) is 30.4 Å². The van der Waals surface area contributed by atoms with Crippen LogP contribution in [-0.2, 0) is 12.7 Å². The summed E-state index contributed by atoms with van der Waals surface area (Å²) in [6.07, 6.45) is -4.38. The van der Waals surface area contributed by atoms with Gasteiger partial charge in [0.05, 0.1) is 12.7 Å². The van der Waals surface area contributed by atoms with E-state index in [1.54, 1.807) is 0 Å². The van der Waals surface area contributed by atoms with Gasteiger partial charge in [-0.25, -0.2) is 0 Å². The quantitative estimate of drug-likeness (QED) is 0.562. The summed E-state index contributed by atoms with van der Waals surface area (Å²) in [6.45, 7) is 2.64. The zero-order valence-electron chi connectivity index (χ0n) is 18.0. The Kier molecular flexibility index (Phi) is 6.82. The van der Waals surface area contributed by atoms with Crippen molar-refractivity contribution in [3.63, 3.8) is 0 Å². The first-order chi connectivity index (χ1) is 15.5. The molecular formula is C26H27F3N2O. The Labute approximate surface area is 186 Å². The van der Waals surface area contributed by atoms with Gasteiger partial charge in [0, 0.05) is 43.7 Å². The van der Waals surface area contributed by atoms with Crippen molar-refractivity contribution in [1.82, 2.24) is 10.2 Å². The molecule has 1 aliphatic heterocycles. The number of alkyl halides is 3. The maximum atomic E-state index is 13.3. The minimum atomic E-state index is -4.38. The van der Waals surface area contributed by atoms with Crippen molar-refractivity contribution in [2.45, 2.75) is 24.7 Å². The lowest BCUT2D eigenvalue weighted by Gasteiger charge is -2.38. The Morgan fingerprint density at radius 3 is 2.16 bits per heavy atom. The van der Waals surface area contributed by atoms with E-state index in [0.29, 0.717) is 24.4 Å².